The first-order valence-electron chi connectivity index (χ1n) is 3.51. The first-order valence-corrected chi connectivity index (χ1v) is 3.51. The van der Waals surface area contributed by atoms with Crippen molar-refractivity contribution in [2.45, 2.75) is 33.1 Å². The van der Waals surface area contributed by atoms with Gasteiger partial charge in [0.25, 0.3) is 0 Å². The number of carbonyl (C=O) groups is 1. The zero-order valence-corrected chi connectivity index (χ0v) is 6.31. The molecule has 0 aromatic carbocycles. The van der Waals surface area contributed by atoms with Crippen LogP contribution in [0.1, 0.15) is 33.1 Å². The number of rotatable bonds is 4. The van der Waals surface area contributed by atoms with Gasteiger partial charge in [-0.1, -0.05) is 26.7 Å². The Morgan fingerprint density at radius 1 is 1.67 bits per heavy atom. The van der Waals surface area contributed by atoms with Crippen molar-refractivity contribution in [2.24, 2.45) is 5.92 Å². The van der Waals surface area contributed by atoms with Gasteiger partial charge in [0, 0.05) is 13.3 Å². The smallest absolute Gasteiger partial charge is 0.133 e. The minimum Gasteiger partial charge on any atom is -0.300 e. The predicted octanol–water partition coefficient (Wildman–Crippen LogP) is 2.22. The van der Waals surface area contributed by atoms with Gasteiger partial charge in [0.2, 0.25) is 0 Å². The zero-order chi connectivity index (χ0) is 7.28. The molecule has 0 bridgehead atoms. The first kappa shape index (κ1) is 8.67. The number of carbonyl (C=O) groups excluding carboxylic acids is 1. The summed E-state index contributed by atoms with van der Waals surface area (Å²) in [6.07, 6.45) is 2.95. The third-order valence-electron chi connectivity index (χ3n) is 1.36. The number of Topliss-reactive ketones (excluding diaryl/α,β-unsaturated/α-hetero) is 1. The average Bonchev–Trinajstić information content (AvgIpc) is 1.63. The first-order chi connectivity index (χ1) is 4.16. The second-order valence-electron chi connectivity index (χ2n) is 2.64. The predicted molar refractivity (Wildman–Crippen MR) is 39.1 cm³/mol. The molecule has 0 aliphatic heterocycles. The van der Waals surface area contributed by atoms with E-state index in [4.69, 9.17) is 0 Å². The molecular weight excluding hydrogens is 112 g/mol. The summed E-state index contributed by atoms with van der Waals surface area (Å²) in [6.45, 7) is 7.54. The summed E-state index contributed by atoms with van der Waals surface area (Å²) in [5.41, 5.74) is 0. The molecule has 1 nitrogen and oxygen atoms in total. The van der Waals surface area contributed by atoms with Gasteiger partial charge in [-0.15, -0.1) is 0 Å². The quantitative estimate of drug-likeness (QED) is 0.566. The van der Waals surface area contributed by atoms with E-state index in [2.05, 4.69) is 20.8 Å². The van der Waals surface area contributed by atoms with Gasteiger partial charge in [-0.25, -0.2) is 0 Å². The molecule has 1 unspecified atom stereocenters. The molecular formula is C8H15O. The standard InChI is InChI=1S/C8H15O/c1-4-5-7(2)6-8(3)9/h7H,3-6H2,1-2H3. The Morgan fingerprint density at radius 3 is 2.56 bits per heavy atom. The van der Waals surface area contributed by atoms with Crippen molar-refractivity contribution in [2.75, 3.05) is 0 Å². The van der Waals surface area contributed by atoms with Gasteiger partial charge in [-0.3, -0.25) is 4.79 Å². The third kappa shape index (κ3) is 5.54. The topological polar surface area (TPSA) is 17.1 Å². The lowest BCUT2D eigenvalue weighted by atomic mass is 10.0. The van der Waals surface area contributed by atoms with E-state index in [1.165, 1.54) is 0 Å². The van der Waals surface area contributed by atoms with E-state index in [1.54, 1.807) is 0 Å². The van der Waals surface area contributed by atoms with Crippen LogP contribution in [0.15, 0.2) is 0 Å². The molecule has 9 heavy (non-hydrogen) atoms. The highest BCUT2D eigenvalue weighted by Crippen LogP contribution is 2.09. The fourth-order valence-electron chi connectivity index (χ4n) is 0.984. The van der Waals surface area contributed by atoms with Crippen molar-refractivity contribution in [3.8, 4) is 0 Å². The van der Waals surface area contributed by atoms with Crippen molar-refractivity contribution < 1.29 is 4.79 Å². The van der Waals surface area contributed by atoms with Crippen molar-refractivity contribution in [3.05, 3.63) is 6.92 Å². The molecule has 0 saturated heterocycles. The molecule has 0 aliphatic rings. The summed E-state index contributed by atoms with van der Waals surface area (Å²) in [7, 11) is 0. The summed E-state index contributed by atoms with van der Waals surface area (Å²) in [5.74, 6) is 0.593. The van der Waals surface area contributed by atoms with E-state index >= 15 is 0 Å². The van der Waals surface area contributed by atoms with Gasteiger partial charge in [-0.05, 0) is 5.92 Å². The molecule has 0 aromatic rings. The van der Waals surface area contributed by atoms with Crippen molar-refractivity contribution in [1.29, 1.82) is 0 Å². The van der Waals surface area contributed by atoms with E-state index in [-0.39, 0.29) is 5.78 Å². The van der Waals surface area contributed by atoms with Crippen LogP contribution in [0.3, 0.4) is 0 Å². The van der Waals surface area contributed by atoms with E-state index in [0.717, 1.165) is 12.8 Å². The van der Waals surface area contributed by atoms with Gasteiger partial charge >= 0.3 is 0 Å². The molecule has 1 atom stereocenters. The van der Waals surface area contributed by atoms with Gasteiger partial charge in [0.05, 0.1) is 0 Å². The molecule has 0 amide bonds. The summed E-state index contributed by atoms with van der Waals surface area (Å²) >= 11 is 0. The lowest BCUT2D eigenvalue weighted by molar-refractivity contribution is -0.115. The van der Waals surface area contributed by atoms with Crippen LogP contribution in [0.5, 0.6) is 0 Å². The highest BCUT2D eigenvalue weighted by Gasteiger charge is 2.02. The molecule has 1 heteroatoms. The van der Waals surface area contributed by atoms with E-state index in [9.17, 15) is 4.79 Å². The fourth-order valence-corrected chi connectivity index (χ4v) is 0.984. The summed E-state index contributed by atoms with van der Waals surface area (Å²) < 4.78 is 0. The Balaban J connectivity index is 3.26. The van der Waals surface area contributed by atoms with Gasteiger partial charge < -0.3 is 0 Å². The largest absolute Gasteiger partial charge is 0.300 e. The Morgan fingerprint density at radius 2 is 2.22 bits per heavy atom. The lowest BCUT2D eigenvalue weighted by Crippen LogP contribution is -2.00. The average molecular weight is 127 g/mol. The molecule has 0 aliphatic carbocycles. The van der Waals surface area contributed by atoms with Crippen LogP contribution >= 0.6 is 0 Å². The summed E-state index contributed by atoms with van der Waals surface area (Å²) in [4.78, 5) is 10.4. The lowest BCUT2D eigenvalue weighted by Gasteiger charge is -2.04. The Labute approximate surface area is 57.5 Å². The van der Waals surface area contributed by atoms with E-state index in [0.29, 0.717) is 12.3 Å². The third-order valence-corrected chi connectivity index (χ3v) is 1.36. The molecule has 1 radical (unpaired) electrons. The van der Waals surface area contributed by atoms with Crippen LogP contribution in [-0.4, -0.2) is 5.78 Å². The minimum atomic E-state index is 0.0657. The van der Waals surface area contributed by atoms with E-state index < -0.39 is 0 Å². The highest BCUT2D eigenvalue weighted by molar-refractivity contribution is 5.82. The Bertz CT molecular complexity index is 86.6. The van der Waals surface area contributed by atoms with Gasteiger partial charge in [0.1, 0.15) is 5.78 Å². The van der Waals surface area contributed by atoms with Crippen LogP contribution in [0, 0.1) is 12.8 Å². The molecule has 0 aromatic heterocycles. The normalized spacial score (nSPS) is 13.2. The summed E-state index contributed by atoms with van der Waals surface area (Å²) in [5, 5.41) is 0. The second-order valence-corrected chi connectivity index (χ2v) is 2.64. The monoisotopic (exact) mass is 127 g/mol. The summed E-state index contributed by atoms with van der Waals surface area (Å²) in [6, 6.07) is 0. The van der Waals surface area contributed by atoms with Gasteiger partial charge in [0.15, 0.2) is 0 Å². The Kier molecular flexibility index (Phi) is 4.37. The van der Waals surface area contributed by atoms with Crippen LogP contribution in [0.2, 0.25) is 0 Å². The van der Waals surface area contributed by atoms with Crippen molar-refractivity contribution >= 4 is 5.78 Å². The molecule has 53 valence electrons. The molecule has 0 rings (SSSR count). The van der Waals surface area contributed by atoms with Gasteiger partial charge in [-0.2, -0.15) is 0 Å². The molecule has 0 fully saturated rings. The van der Waals surface area contributed by atoms with Crippen LogP contribution in [-0.2, 0) is 4.79 Å². The fraction of sp³-hybridized carbons (Fsp3) is 0.750. The van der Waals surface area contributed by atoms with Crippen molar-refractivity contribution in [3.63, 3.8) is 0 Å². The maximum absolute atomic E-state index is 10.4. The Hall–Kier alpha value is -0.330. The molecule has 0 heterocycles. The van der Waals surface area contributed by atoms with Crippen LogP contribution in [0.4, 0.5) is 0 Å². The number of hydrogen-bond donors (Lipinski definition) is 0. The zero-order valence-electron chi connectivity index (χ0n) is 6.31. The highest BCUT2D eigenvalue weighted by atomic mass is 16.1. The minimum absolute atomic E-state index is 0.0657. The molecule has 0 saturated carbocycles. The number of hydrogen-bond acceptors (Lipinski definition) is 1. The van der Waals surface area contributed by atoms with Crippen molar-refractivity contribution in [1.82, 2.24) is 0 Å². The maximum atomic E-state index is 10.4. The molecule has 0 N–H and O–H groups in total. The molecule has 0 spiro atoms. The van der Waals surface area contributed by atoms with E-state index in [1.807, 2.05) is 0 Å². The second kappa shape index (κ2) is 4.54. The SMILES string of the molecule is [CH2]C(=O)CC(C)CCC. The number of ketones is 1. The van der Waals surface area contributed by atoms with Crippen LogP contribution < -0.4 is 0 Å². The van der Waals surface area contributed by atoms with Crippen LogP contribution in [0.25, 0.3) is 0 Å². The maximum Gasteiger partial charge on any atom is 0.133 e.